The van der Waals surface area contributed by atoms with Crippen molar-refractivity contribution in [3.63, 3.8) is 0 Å². The number of carbonyl (C=O) groups excluding carboxylic acids is 2. The third-order valence-corrected chi connectivity index (χ3v) is 6.69. The van der Waals surface area contributed by atoms with Crippen molar-refractivity contribution in [3.05, 3.63) is 49.6 Å². The van der Waals surface area contributed by atoms with Crippen LogP contribution in [0.3, 0.4) is 0 Å². The molecule has 1 aromatic heterocycles. The first kappa shape index (κ1) is 25.4. The van der Waals surface area contributed by atoms with E-state index in [1.54, 1.807) is 0 Å². The molecule has 178 valence electrons. The van der Waals surface area contributed by atoms with Gasteiger partial charge in [0.05, 0.1) is 42.5 Å². The second kappa shape index (κ2) is 10.8. The Morgan fingerprint density at radius 2 is 1.91 bits per heavy atom. The lowest BCUT2D eigenvalue weighted by Crippen LogP contribution is -2.31. The third-order valence-electron chi connectivity index (χ3n) is 5.14. The number of aliphatic hydroxyl groups excluding tert-OH is 1. The standard InChI is InChI=1S/C23H25Cl2NO6S/c1-12(2)32-9-6-8-26-18(15-7-5-10-33-15)16(20(28)23(26)29)19(27)13-11-14(24)22(31-4)17(25)21(13)30-3/h5,7,10-12,18,27H,6,8-9H2,1-4H3/b19-16-. The summed E-state index contributed by atoms with van der Waals surface area (Å²) in [5, 5.41) is 13.3. The Bertz CT molecular complexity index is 1070. The number of hydrogen-bond acceptors (Lipinski definition) is 7. The van der Waals surface area contributed by atoms with Gasteiger partial charge in [-0.3, -0.25) is 9.59 Å². The summed E-state index contributed by atoms with van der Waals surface area (Å²) in [6.07, 6.45) is 0.599. The van der Waals surface area contributed by atoms with Crippen LogP contribution in [0.5, 0.6) is 11.5 Å². The molecule has 33 heavy (non-hydrogen) atoms. The van der Waals surface area contributed by atoms with E-state index in [4.69, 9.17) is 37.4 Å². The number of benzene rings is 1. The van der Waals surface area contributed by atoms with Crippen LogP contribution in [0.1, 0.15) is 36.8 Å². The summed E-state index contributed by atoms with van der Waals surface area (Å²) in [4.78, 5) is 28.3. The minimum atomic E-state index is -0.791. The topological polar surface area (TPSA) is 85.3 Å². The van der Waals surface area contributed by atoms with Gasteiger partial charge in [-0.1, -0.05) is 29.3 Å². The Labute approximate surface area is 206 Å². The largest absolute Gasteiger partial charge is 0.507 e. The summed E-state index contributed by atoms with van der Waals surface area (Å²) in [5.41, 5.74) is 0.0406. The van der Waals surface area contributed by atoms with Gasteiger partial charge in [-0.05, 0) is 37.8 Å². The van der Waals surface area contributed by atoms with Crippen LogP contribution in [0.4, 0.5) is 0 Å². The molecule has 0 spiro atoms. The predicted octanol–water partition coefficient (Wildman–Crippen LogP) is 5.31. The summed E-state index contributed by atoms with van der Waals surface area (Å²) in [5.74, 6) is -1.65. The van der Waals surface area contributed by atoms with Gasteiger partial charge in [0, 0.05) is 18.0 Å². The molecule has 0 saturated carbocycles. The predicted molar refractivity (Wildman–Crippen MR) is 129 cm³/mol. The summed E-state index contributed by atoms with van der Waals surface area (Å²) in [7, 11) is 2.77. The smallest absolute Gasteiger partial charge is 0.295 e. The second-order valence-corrected chi connectivity index (χ2v) is 9.33. The lowest BCUT2D eigenvalue weighted by Gasteiger charge is -2.24. The van der Waals surface area contributed by atoms with Crippen LogP contribution in [0.15, 0.2) is 29.2 Å². The quantitative estimate of drug-likeness (QED) is 0.211. The molecule has 3 rings (SSSR count). The lowest BCUT2D eigenvalue weighted by molar-refractivity contribution is -0.140. The van der Waals surface area contributed by atoms with Crippen LogP contribution in [-0.4, -0.2) is 55.2 Å². The molecule has 2 aromatic rings. The Balaban J connectivity index is 2.12. The van der Waals surface area contributed by atoms with Crippen molar-refractivity contribution >= 4 is 52.0 Å². The number of aliphatic hydroxyl groups is 1. The molecule has 1 saturated heterocycles. The highest BCUT2D eigenvalue weighted by Gasteiger charge is 2.46. The number of nitrogens with zero attached hydrogens (tertiary/aromatic N) is 1. The van der Waals surface area contributed by atoms with Crippen molar-refractivity contribution in [1.82, 2.24) is 4.90 Å². The molecule has 0 radical (unpaired) electrons. The number of carbonyl (C=O) groups is 2. The van der Waals surface area contributed by atoms with E-state index >= 15 is 0 Å². The fourth-order valence-corrected chi connectivity index (χ4v) is 5.23. The number of ether oxygens (including phenoxy) is 3. The van der Waals surface area contributed by atoms with Gasteiger partial charge >= 0.3 is 0 Å². The van der Waals surface area contributed by atoms with E-state index in [-0.39, 0.29) is 45.3 Å². The van der Waals surface area contributed by atoms with Crippen molar-refractivity contribution in [2.24, 2.45) is 0 Å². The van der Waals surface area contributed by atoms with E-state index in [1.165, 1.54) is 36.5 Å². The van der Waals surface area contributed by atoms with Crippen molar-refractivity contribution in [3.8, 4) is 11.5 Å². The molecule has 0 aliphatic carbocycles. The molecule has 7 nitrogen and oxygen atoms in total. The van der Waals surface area contributed by atoms with Gasteiger partial charge in [0.2, 0.25) is 0 Å². The van der Waals surface area contributed by atoms with Gasteiger partial charge in [-0.15, -0.1) is 11.3 Å². The number of hydrogen-bond donors (Lipinski definition) is 1. The number of amides is 1. The van der Waals surface area contributed by atoms with Gasteiger partial charge in [-0.2, -0.15) is 0 Å². The maximum Gasteiger partial charge on any atom is 0.295 e. The average molecular weight is 514 g/mol. The fourth-order valence-electron chi connectivity index (χ4n) is 3.70. The number of rotatable bonds is 9. The van der Waals surface area contributed by atoms with E-state index in [0.29, 0.717) is 13.0 Å². The monoisotopic (exact) mass is 513 g/mol. The van der Waals surface area contributed by atoms with Crippen LogP contribution >= 0.6 is 34.5 Å². The molecule has 1 aliphatic rings. The highest BCUT2D eigenvalue weighted by molar-refractivity contribution is 7.10. The van der Waals surface area contributed by atoms with Gasteiger partial charge < -0.3 is 24.2 Å². The maximum absolute atomic E-state index is 13.1. The third kappa shape index (κ3) is 4.99. The van der Waals surface area contributed by atoms with Crippen LogP contribution in [0.2, 0.25) is 10.0 Å². The number of halogens is 2. The number of methoxy groups -OCH3 is 2. The zero-order valence-electron chi connectivity index (χ0n) is 18.7. The molecular formula is C23H25Cl2NO6S. The fraction of sp³-hybridized carbons (Fsp3) is 0.391. The molecule has 1 unspecified atom stereocenters. The van der Waals surface area contributed by atoms with E-state index in [2.05, 4.69) is 0 Å². The Morgan fingerprint density at radius 3 is 2.48 bits per heavy atom. The molecule has 0 bridgehead atoms. The van der Waals surface area contributed by atoms with E-state index in [1.807, 2.05) is 31.4 Å². The zero-order chi connectivity index (χ0) is 24.3. The summed E-state index contributed by atoms with van der Waals surface area (Å²) < 4.78 is 16.2. The first-order valence-electron chi connectivity index (χ1n) is 10.3. The van der Waals surface area contributed by atoms with E-state index in [9.17, 15) is 14.7 Å². The average Bonchev–Trinajstić information content (AvgIpc) is 3.38. The molecule has 1 N–H and O–H groups in total. The summed E-state index contributed by atoms with van der Waals surface area (Å²) >= 11 is 14.0. The first-order chi connectivity index (χ1) is 15.7. The van der Waals surface area contributed by atoms with Crippen molar-refractivity contribution in [2.75, 3.05) is 27.4 Å². The molecular weight excluding hydrogens is 489 g/mol. The highest BCUT2D eigenvalue weighted by Crippen LogP contribution is 2.47. The SMILES string of the molecule is COc1c(Cl)cc(/C(O)=C2/C(=O)C(=O)N(CCCOC(C)C)C2c2cccs2)c(OC)c1Cl. The van der Waals surface area contributed by atoms with Crippen molar-refractivity contribution in [2.45, 2.75) is 32.4 Å². The minimum Gasteiger partial charge on any atom is -0.507 e. The lowest BCUT2D eigenvalue weighted by atomic mass is 9.99. The summed E-state index contributed by atoms with van der Waals surface area (Å²) in [6, 6.07) is 4.28. The van der Waals surface area contributed by atoms with Crippen LogP contribution in [0, 0.1) is 0 Å². The van der Waals surface area contributed by atoms with Gasteiger partial charge in [0.25, 0.3) is 11.7 Å². The van der Waals surface area contributed by atoms with Crippen LogP contribution in [-0.2, 0) is 14.3 Å². The number of Topliss-reactive ketones (excluding diaryl/α,β-unsaturated/α-hetero) is 1. The second-order valence-electron chi connectivity index (χ2n) is 7.57. The van der Waals surface area contributed by atoms with Gasteiger partial charge in [0.1, 0.15) is 10.8 Å². The zero-order valence-corrected chi connectivity index (χ0v) is 21.0. The van der Waals surface area contributed by atoms with E-state index < -0.39 is 23.5 Å². The van der Waals surface area contributed by atoms with Crippen molar-refractivity contribution < 1.29 is 28.9 Å². The molecule has 10 heteroatoms. The number of ketones is 1. The van der Waals surface area contributed by atoms with Crippen molar-refractivity contribution in [1.29, 1.82) is 0 Å². The van der Waals surface area contributed by atoms with Crippen LogP contribution in [0.25, 0.3) is 5.76 Å². The van der Waals surface area contributed by atoms with Gasteiger partial charge in [-0.25, -0.2) is 0 Å². The first-order valence-corrected chi connectivity index (χ1v) is 11.9. The highest BCUT2D eigenvalue weighted by atomic mass is 35.5. The Hall–Kier alpha value is -2.26. The molecule has 1 amide bonds. The molecule has 1 aromatic carbocycles. The maximum atomic E-state index is 13.1. The Kier molecular flexibility index (Phi) is 8.28. The molecule has 1 fully saturated rings. The van der Waals surface area contributed by atoms with E-state index in [0.717, 1.165) is 4.88 Å². The minimum absolute atomic E-state index is 0.0433. The molecule has 1 atom stereocenters. The van der Waals surface area contributed by atoms with Gasteiger partial charge in [0.15, 0.2) is 11.5 Å². The number of thiophene rings is 1. The summed E-state index contributed by atoms with van der Waals surface area (Å²) in [6.45, 7) is 4.58. The molecule has 2 heterocycles. The normalized spacial score (nSPS) is 17.8. The Morgan fingerprint density at radius 1 is 1.21 bits per heavy atom. The van der Waals surface area contributed by atoms with Crippen LogP contribution < -0.4 is 9.47 Å². The number of likely N-dealkylation sites (tertiary alicyclic amines) is 1. The molecule has 1 aliphatic heterocycles.